The standard InChI is InChI=1S/C39H25N5/c1-2-10-29(11-3-1)43-23-21-28-24-37-32(25-36(28)43)30-12-5-7-16-35(30)44(37)39-41-34-15-6-4-13-31(34)38(42-39)27-19-17-26(18-20-27)33-14-8-9-22-40-33/h1-25H. The Balaban J connectivity index is 1.28. The zero-order valence-corrected chi connectivity index (χ0v) is 23.7. The molecule has 0 saturated heterocycles. The van der Waals surface area contributed by atoms with Crippen LogP contribution in [0, 0.1) is 0 Å². The van der Waals surface area contributed by atoms with Crippen molar-refractivity contribution in [3.63, 3.8) is 0 Å². The van der Waals surface area contributed by atoms with Crippen LogP contribution < -0.4 is 0 Å². The molecule has 0 saturated carbocycles. The Hall–Kier alpha value is -6.07. The van der Waals surface area contributed by atoms with Crippen molar-refractivity contribution in [2.75, 3.05) is 0 Å². The van der Waals surface area contributed by atoms with E-state index in [9.17, 15) is 0 Å². The maximum atomic E-state index is 5.28. The van der Waals surface area contributed by atoms with Gasteiger partial charge in [0.05, 0.1) is 33.5 Å². The van der Waals surface area contributed by atoms with Crippen LogP contribution in [0.5, 0.6) is 0 Å². The maximum Gasteiger partial charge on any atom is 0.235 e. The number of aromatic nitrogens is 5. The summed E-state index contributed by atoms with van der Waals surface area (Å²) < 4.78 is 4.46. The fraction of sp³-hybridized carbons (Fsp3) is 0. The Bertz CT molecular complexity index is 2470. The third-order valence-corrected chi connectivity index (χ3v) is 8.43. The molecule has 5 heteroatoms. The first-order valence-electron chi connectivity index (χ1n) is 14.7. The van der Waals surface area contributed by atoms with Crippen molar-refractivity contribution in [2.24, 2.45) is 0 Å². The lowest BCUT2D eigenvalue weighted by molar-refractivity contribution is 1.01. The lowest BCUT2D eigenvalue weighted by atomic mass is 10.0. The quantitative estimate of drug-likeness (QED) is 0.214. The van der Waals surface area contributed by atoms with Gasteiger partial charge in [-0.15, -0.1) is 0 Å². The van der Waals surface area contributed by atoms with Gasteiger partial charge in [-0.25, -0.2) is 9.97 Å². The molecule has 206 valence electrons. The van der Waals surface area contributed by atoms with Gasteiger partial charge in [-0.2, -0.15) is 0 Å². The van der Waals surface area contributed by atoms with E-state index < -0.39 is 0 Å². The van der Waals surface area contributed by atoms with Crippen LogP contribution in [-0.2, 0) is 0 Å². The van der Waals surface area contributed by atoms with E-state index in [0.717, 1.165) is 55.5 Å². The molecule has 4 aromatic heterocycles. The molecule has 0 radical (unpaired) electrons. The number of hydrogen-bond acceptors (Lipinski definition) is 3. The van der Waals surface area contributed by atoms with Gasteiger partial charge in [0, 0.05) is 50.8 Å². The number of pyridine rings is 1. The highest BCUT2D eigenvalue weighted by molar-refractivity contribution is 6.13. The fourth-order valence-corrected chi connectivity index (χ4v) is 6.34. The fourth-order valence-electron chi connectivity index (χ4n) is 6.34. The predicted octanol–water partition coefficient (Wildman–Crippen LogP) is 9.40. The average molecular weight is 564 g/mol. The summed E-state index contributed by atoms with van der Waals surface area (Å²) in [6.45, 7) is 0. The summed E-state index contributed by atoms with van der Waals surface area (Å²) >= 11 is 0. The van der Waals surface area contributed by atoms with Crippen molar-refractivity contribution in [3.05, 3.63) is 152 Å². The van der Waals surface area contributed by atoms with Gasteiger partial charge >= 0.3 is 0 Å². The summed E-state index contributed by atoms with van der Waals surface area (Å²) in [6, 6.07) is 48.5. The Morgan fingerprint density at radius 3 is 2.09 bits per heavy atom. The van der Waals surface area contributed by atoms with Crippen molar-refractivity contribution in [1.82, 2.24) is 24.1 Å². The van der Waals surface area contributed by atoms with Crippen molar-refractivity contribution >= 4 is 43.6 Å². The Morgan fingerprint density at radius 1 is 0.500 bits per heavy atom. The zero-order chi connectivity index (χ0) is 29.0. The Morgan fingerprint density at radius 2 is 1.25 bits per heavy atom. The van der Waals surface area contributed by atoms with Crippen molar-refractivity contribution in [1.29, 1.82) is 0 Å². The van der Waals surface area contributed by atoms with Gasteiger partial charge in [-0.05, 0) is 54.6 Å². The zero-order valence-electron chi connectivity index (χ0n) is 23.7. The number of benzene rings is 5. The molecule has 9 aromatic rings. The third kappa shape index (κ3) is 3.83. The van der Waals surface area contributed by atoms with Crippen LogP contribution >= 0.6 is 0 Å². The smallest absolute Gasteiger partial charge is 0.235 e. The van der Waals surface area contributed by atoms with Gasteiger partial charge in [-0.1, -0.05) is 84.9 Å². The molecule has 5 nitrogen and oxygen atoms in total. The first-order chi connectivity index (χ1) is 21.8. The Labute approximate surface area is 253 Å². The monoisotopic (exact) mass is 563 g/mol. The van der Waals surface area contributed by atoms with Crippen LogP contribution in [0.1, 0.15) is 0 Å². The van der Waals surface area contributed by atoms with Gasteiger partial charge in [0.2, 0.25) is 5.95 Å². The van der Waals surface area contributed by atoms with E-state index in [2.05, 4.69) is 123 Å². The minimum absolute atomic E-state index is 0.653. The molecule has 5 aromatic carbocycles. The molecule has 4 heterocycles. The van der Waals surface area contributed by atoms with Crippen molar-refractivity contribution in [2.45, 2.75) is 0 Å². The molecular formula is C39H25N5. The van der Waals surface area contributed by atoms with E-state index in [4.69, 9.17) is 9.97 Å². The molecule has 0 aliphatic carbocycles. The van der Waals surface area contributed by atoms with E-state index in [-0.39, 0.29) is 0 Å². The summed E-state index contributed by atoms with van der Waals surface area (Å²) in [5, 5.41) is 4.52. The molecule has 0 atom stereocenters. The molecular weight excluding hydrogens is 538 g/mol. The second-order valence-corrected chi connectivity index (χ2v) is 11.0. The van der Waals surface area contributed by atoms with E-state index in [1.54, 1.807) is 0 Å². The molecule has 0 fully saturated rings. The second-order valence-electron chi connectivity index (χ2n) is 11.0. The van der Waals surface area contributed by atoms with Gasteiger partial charge in [-0.3, -0.25) is 9.55 Å². The lowest BCUT2D eigenvalue weighted by Crippen LogP contribution is -2.03. The second kappa shape index (κ2) is 9.75. The van der Waals surface area contributed by atoms with Crippen LogP contribution in [0.4, 0.5) is 0 Å². The first kappa shape index (κ1) is 24.5. The number of para-hydroxylation sites is 3. The molecule has 0 aliphatic rings. The van der Waals surface area contributed by atoms with E-state index in [0.29, 0.717) is 5.95 Å². The van der Waals surface area contributed by atoms with Crippen LogP contribution in [-0.4, -0.2) is 24.1 Å². The van der Waals surface area contributed by atoms with E-state index >= 15 is 0 Å². The Kier molecular flexibility index (Phi) is 5.43. The average Bonchev–Trinajstić information content (AvgIpc) is 3.66. The SMILES string of the molecule is c1ccc(-n2ccc3cc4c(cc32)c2ccccc2n4-c2nc(-c3ccc(-c4ccccn4)cc3)c3ccccc3n2)cc1. The molecule has 0 amide bonds. The molecule has 9 rings (SSSR count). The molecule has 0 unspecified atom stereocenters. The van der Waals surface area contributed by atoms with E-state index in [1.165, 1.54) is 16.3 Å². The predicted molar refractivity (Wildman–Crippen MR) is 179 cm³/mol. The number of fused-ring (bicyclic) bond motifs is 5. The van der Waals surface area contributed by atoms with Gasteiger partial charge < -0.3 is 4.57 Å². The minimum atomic E-state index is 0.653. The molecule has 44 heavy (non-hydrogen) atoms. The summed E-state index contributed by atoms with van der Waals surface area (Å²) in [6.07, 6.45) is 3.97. The molecule has 0 N–H and O–H groups in total. The number of rotatable bonds is 4. The van der Waals surface area contributed by atoms with Crippen LogP contribution in [0.15, 0.2) is 152 Å². The molecule has 0 aliphatic heterocycles. The lowest BCUT2D eigenvalue weighted by Gasteiger charge is -2.12. The maximum absolute atomic E-state index is 5.28. The number of nitrogens with zero attached hydrogens (tertiary/aromatic N) is 5. The summed E-state index contributed by atoms with van der Waals surface area (Å²) in [7, 11) is 0. The van der Waals surface area contributed by atoms with Crippen LogP contribution in [0.3, 0.4) is 0 Å². The first-order valence-corrected chi connectivity index (χ1v) is 14.7. The van der Waals surface area contributed by atoms with Gasteiger partial charge in [0.25, 0.3) is 0 Å². The van der Waals surface area contributed by atoms with Crippen molar-refractivity contribution in [3.8, 4) is 34.2 Å². The van der Waals surface area contributed by atoms with Crippen molar-refractivity contribution < 1.29 is 0 Å². The normalized spacial score (nSPS) is 11.6. The summed E-state index contributed by atoms with van der Waals surface area (Å²) in [4.78, 5) is 14.9. The highest BCUT2D eigenvalue weighted by atomic mass is 15.2. The summed E-state index contributed by atoms with van der Waals surface area (Å²) in [5.41, 5.74) is 9.33. The van der Waals surface area contributed by atoms with Crippen LogP contribution in [0.25, 0.3) is 77.8 Å². The summed E-state index contributed by atoms with van der Waals surface area (Å²) in [5.74, 6) is 0.653. The molecule has 0 spiro atoms. The minimum Gasteiger partial charge on any atom is -0.317 e. The van der Waals surface area contributed by atoms with Gasteiger partial charge in [0.15, 0.2) is 0 Å². The topological polar surface area (TPSA) is 48.5 Å². The largest absolute Gasteiger partial charge is 0.317 e. The van der Waals surface area contributed by atoms with E-state index in [1.807, 2.05) is 42.6 Å². The van der Waals surface area contributed by atoms with Gasteiger partial charge in [0.1, 0.15) is 0 Å². The highest BCUT2D eigenvalue weighted by Gasteiger charge is 2.18. The third-order valence-electron chi connectivity index (χ3n) is 8.43. The number of hydrogen-bond donors (Lipinski definition) is 0. The van der Waals surface area contributed by atoms with Crippen LogP contribution in [0.2, 0.25) is 0 Å². The highest BCUT2D eigenvalue weighted by Crippen LogP contribution is 2.36. The molecule has 0 bridgehead atoms.